The molecule has 0 radical (unpaired) electrons. The lowest BCUT2D eigenvalue weighted by atomic mass is 9.97. The molecule has 0 aromatic heterocycles. The summed E-state index contributed by atoms with van der Waals surface area (Å²) in [5, 5.41) is 0. The van der Waals surface area contributed by atoms with Gasteiger partial charge in [0.2, 0.25) is 0 Å². The fourth-order valence-corrected chi connectivity index (χ4v) is 5.72. The van der Waals surface area contributed by atoms with Crippen LogP contribution in [0.5, 0.6) is 0 Å². The van der Waals surface area contributed by atoms with Crippen LogP contribution in [0.3, 0.4) is 0 Å². The molecule has 168 valence electrons. The zero-order chi connectivity index (χ0) is 23.6. The summed E-state index contributed by atoms with van der Waals surface area (Å²) in [6, 6.07) is 38.3. The molecule has 0 heterocycles. The number of benzene rings is 4. The maximum atomic E-state index is 13.7. The van der Waals surface area contributed by atoms with Crippen molar-refractivity contribution in [2.45, 2.75) is 11.5 Å². The van der Waals surface area contributed by atoms with Gasteiger partial charge in [0, 0.05) is 22.6 Å². The highest BCUT2D eigenvalue weighted by atomic mass is 32.2. The third kappa shape index (κ3) is 6.37. The molecule has 0 amide bonds. The molecule has 4 aromatic carbocycles. The van der Waals surface area contributed by atoms with Gasteiger partial charge in [0.15, 0.2) is 11.6 Å². The molecule has 0 saturated carbocycles. The summed E-state index contributed by atoms with van der Waals surface area (Å²) in [4.78, 5) is 27.4. The van der Waals surface area contributed by atoms with Gasteiger partial charge < -0.3 is 0 Å². The molecule has 0 aliphatic heterocycles. The Morgan fingerprint density at radius 3 is 1.15 bits per heavy atom. The van der Waals surface area contributed by atoms with E-state index in [0.717, 1.165) is 15.4 Å². The van der Waals surface area contributed by atoms with Crippen molar-refractivity contribution < 1.29 is 9.59 Å². The first-order valence-electron chi connectivity index (χ1n) is 11.0. The second kappa shape index (κ2) is 12.2. The van der Waals surface area contributed by atoms with E-state index in [4.69, 9.17) is 0 Å². The summed E-state index contributed by atoms with van der Waals surface area (Å²) < 4.78 is 0.746. The molecule has 0 bridgehead atoms. The largest absolute Gasteiger partial charge is 0.288 e. The minimum Gasteiger partial charge on any atom is -0.288 e. The maximum Gasteiger partial charge on any atom is 0.198 e. The number of rotatable bonds is 10. The van der Waals surface area contributed by atoms with Gasteiger partial charge in [-0.05, 0) is 11.1 Å². The summed E-state index contributed by atoms with van der Waals surface area (Å²) in [7, 11) is 0. The van der Waals surface area contributed by atoms with Gasteiger partial charge in [0.25, 0.3) is 0 Å². The van der Waals surface area contributed by atoms with E-state index >= 15 is 0 Å². The number of hydrogen-bond acceptors (Lipinski definition) is 4. The van der Waals surface area contributed by atoms with Crippen LogP contribution in [0.4, 0.5) is 0 Å². The Hall–Kier alpha value is -3.34. The number of thioether (sulfide) groups is 2. The normalized spacial score (nSPS) is 10.5. The van der Waals surface area contributed by atoms with Crippen molar-refractivity contribution in [3.05, 3.63) is 153 Å². The molecule has 0 N–H and O–H groups in total. The van der Waals surface area contributed by atoms with E-state index in [2.05, 4.69) is 24.3 Å². The van der Waals surface area contributed by atoms with Crippen LogP contribution in [-0.4, -0.2) is 11.6 Å². The van der Waals surface area contributed by atoms with Crippen molar-refractivity contribution in [2.24, 2.45) is 0 Å². The van der Waals surface area contributed by atoms with Crippen molar-refractivity contribution in [1.82, 2.24) is 0 Å². The topological polar surface area (TPSA) is 34.1 Å². The molecule has 4 aromatic rings. The molecule has 0 atom stereocenters. The summed E-state index contributed by atoms with van der Waals surface area (Å²) in [6.45, 7) is 0. The molecule has 0 aliphatic carbocycles. The second-order valence-electron chi connectivity index (χ2n) is 7.60. The highest BCUT2D eigenvalue weighted by Crippen LogP contribution is 2.38. The number of carbonyl (C=O) groups excluding carboxylic acids is 2. The Balaban J connectivity index is 1.76. The number of allylic oxidation sites excluding steroid dienone is 1. The number of ketones is 2. The molecule has 4 heteroatoms. The number of carbonyl (C=O) groups is 2. The molecular formula is C30H24O2S2. The van der Waals surface area contributed by atoms with E-state index in [1.165, 1.54) is 0 Å². The molecule has 0 saturated heterocycles. The monoisotopic (exact) mass is 480 g/mol. The van der Waals surface area contributed by atoms with Crippen molar-refractivity contribution in [1.29, 1.82) is 0 Å². The van der Waals surface area contributed by atoms with Crippen LogP contribution >= 0.6 is 23.5 Å². The average Bonchev–Trinajstić information content (AvgIpc) is 2.92. The fraction of sp³-hybridized carbons (Fsp3) is 0.0667. The van der Waals surface area contributed by atoms with Crippen LogP contribution in [-0.2, 0) is 11.5 Å². The van der Waals surface area contributed by atoms with Gasteiger partial charge in [0.1, 0.15) is 0 Å². The van der Waals surface area contributed by atoms with Crippen molar-refractivity contribution >= 4 is 35.1 Å². The van der Waals surface area contributed by atoms with Crippen LogP contribution in [0.2, 0.25) is 0 Å². The lowest BCUT2D eigenvalue weighted by Gasteiger charge is -2.14. The fourth-order valence-electron chi connectivity index (χ4n) is 3.39. The lowest BCUT2D eigenvalue weighted by molar-refractivity contribution is 0.0962. The van der Waals surface area contributed by atoms with E-state index in [9.17, 15) is 9.59 Å². The minimum absolute atomic E-state index is 0.235. The van der Waals surface area contributed by atoms with Crippen LogP contribution in [0.15, 0.2) is 131 Å². The van der Waals surface area contributed by atoms with Gasteiger partial charge in [-0.25, -0.2) is 0 Å². The lowest BCUT2D eigenvalue weighted by Crippen LogP contribution is -2.15. The van der Waals surface area contributed by atoms with Gasteiger partial charge in [-0.15, -0.1) is 23.5 Å². The Labute approximate surface area is 209 Å². The third-order valence-corrected chi connectivity index (χ3v) is 7.75. The molecule has 0 fully saturated rings. The van der Waals surface area contributed by atoms with Crippen molar-refractivity contribution in [3.63, 3.8) is 0 Å². The maximum absolute atomic E-state index is 13.7. The summed E-state index contributed by atoms with van der Waals surface area (Å²) in [6.07, 6.45) is 0. The Kier molecular flexibility index (Phi) is 8.55. The molecule has 0 spiro atoms. The van der Waals surface area contributed by atoms with Crippen molar-refractivity contribution in [2.75, 3.05) is 0 Å². The van der Waals surface area contributed by atoms with Crippen molar-refractivity contribution in [3.8, 4) is 0 Å². The minimum atomic E-state index is -0.245. The zero-order valence-electron chi connectivity index (χ0n) is 18.6. The summed E-state index contributed by atoms with van der Waals surface area (Å²) in [5.41, 5.74) is 3.55. The van der Waals surface area contributed by atoms with Gasteiger partial charge in [-0.2, -0.15) is 0 Å². The molecule has 0 aliphatic rings. The van der Waals surface area contributed by atoms with Gasteiger partial charge in [-0.3, -0.25) is 9.59 Å². The number of hydrogen-bond donors (Lipinski definition) is 0. The quantitative estimate of drug-likeness (QED) is 0.100. The smallest absolute Gasteiger partial charge is 0.198 e. The molecule has 4 rings (SSSR count). The summed E-state index contributed by atoms with van der Waals surface area (Å²) in [5.74, 6) is 0.855. The van der Waals surface area contributed by atoms with E-state index in [-0.39, 0.29) is 17.1 Å². The molecule has 34 heavy (non-hydrogen) atoms. The zero-order valence-corrected chi connectivity index (χ0v) is 20.2. The Morgan fingerprint density at radius 1 is 0.471 bits per heavy atom. The third-order valence-electron chi connectivity index (χ3n) is 5.16. The van der Waals surface area contributed by atoms with Crippen LogP contribution in [0.1, 0.15) is 31.8 Å². The highest BCUT2D eigenvalue weighted by Gasteiger charge is 2.26. The van der Waals surface area contributed by atoms with Gasteiger partial charge >= 0.3 is 0 Å². The first-order valence-corrected chi connectivity index (χ1v) is 13.0. The highest BCUT2D eigenvalue weighted by molar-refractivity contribution is 8.21. The predicted octanol–water partition coefficient (Wildman–Crippen LogP) is 7.83. The van der Waals surface area contributed by atoms with Gasteiger partial charge in [0.05, 0.1) is 9.81 Å². The first kappa shape index (κ1) is 23.8. The standard InChI is InChI=1S/C30H24O2S2/c31-28(25-17-9-3-10-18-25)27(29(32)26-19-11-4-12-20-26)30(33-21-23-13-5-1-6-14-23)34-22-24-15-7-2-8-16-24/h1-20H,21-22H2. The van der Waals surface area contributed by atoms with Crippen LogP contribution in [0, 0.1) is 0 Å². The van der Waals surface area contributed by atoms with Gasteiger partial charge in [-0.1, -0.05) is 121 Å². The molecule has 2 nitrogen and oxygen atoms in total. The van der Waals surface area contributed by atoms with E-state index in [0.29, 0.717) is 22.6 Å². The number of Topliss-reactive ketones (excluding diaryl/α,β-unsaturated/α-hetero) is 2. The average molecular weight is 481 g/mol. The van der Waals surface area contributed by atoms with E-state index in [1.807, 2.05) is 72.8 Å². The van der Waals surface area contributed by atoms with E-state index < -0.39 is 0 Å². The van der Waals surface area contributed by atoms with E-state index in [1.54, 1.807) is 47.8 Å². The molecular weight excluding hydrogens is 456 g/mol. The Bertz CT molecular complexity index is 1150. The van der Waals surface area contributed by atoms with Crippen LogP contribution in [0.25, 0.3) is 0 Å². The predicted molar refractivity (Wildman–Crippen MR) is 144 cm³/mol. The Morgan fingerprint density at radius 2 is 0.794 bits per heavy atom. The first-order chi connectivity index (χ1) is 16.7. The molecule has 0 unspecified atom stereocenters. The van der Waals surface area contributed by atoms with Crippen LogP contribution < -0.4 is 0 Å². The second-order valence-corrected chi connectivity index (χ2v) is 9.83. The summed E-state index contributed by atoms with van der Waals surface area (Å²) >= 11 is 3.10. The SMILES string of the molecule is O=C(C(C(=O)c1ccccc1)=C(SCc1ccccc1)SCc1ccccc1)c1ccccc1.